The minimum Gasteiger partial charge on any atom is -0.510 e. The van der Waals surface area contributed by atoms with Crippen LogP contribution in [0.4, 0.5) is 5.69 Å². The molecule has 3 rings (SSSR count). The van der Waals surface area contributed by atoms with E-state index >= 15 is 0 Å². The largest absolute Gasteiger partial charge is 0.510 e. The van der Waals surface area contributed by atoms with Crippen molar-refractivity contribution >= 4 is 28.4 Å². The van der Waals surface area contributed by atoms with Crippen molar-refractivity contribution in [3.05, 3.63) is 45.1 Å². The Morgan fingerprint density at radius 3 is 2.65 bits per heavy atom. The maximum Gasteiger partial charge on any atom is 0.142 e. The predicted octanol–water partition coefficient (Wildman–Crippen LogP) is 3.84. The summed E-state index contributed by atoms with van der Waals surface area (Å²) < 4.78 is 5.41. The highest BCUT2D eigenvalue weighted by molar-refractivity contribution is 7.13. The summed E-state index contributed by atoms with van der Waals surface area (Å²) in [4.78, 5) is 7.33. The molecular formula is C17H19N3O2S. The maximum atomic E-state index is 10.4. The van der Waals surface area contributed by atoms with E-state index in [1.807, 2.05) is 39.0 Å². The van der Waals surface area contributed by atoms with E-state index in [-0.39, 0.29) is 18.1 Å². The molecule has 0 amide bonds. The summed E-state index contributed by atoms with van der Waals surface area (Å²) in [6.07, 6.45) is 0. The molecule has 0 spiro atoms. The number of hydrogen-bond acceptors (Lipinski definition) is 5. The number of benzene rings is 1. The van der Waals surface area contributed by atoms with E-state index in [4.69, 9.17) is 10.1 Å². The molecule has 0 atom stereocenters. The van der Waals surface area contributed by atoms with E-state index < -0.39 is 0 Å². The fourth-order valence-electron chi connectivity index (χ4n) is 2.60. The zero-order valence-electron chi connectivity index (χ0n) is 13.6. The summed E-state index contributed by atoms with van der Waals surface area (Å²) in [6, 6.07) is 5.80. The van der Waals surface area contributed by atoms with Crippen LogP contribution in [0.25, 0.3) is 5.57 Å². The molecular weight excluding hydrogens is 310 g/mol. The monoisotopic (exact) mass is 329 g/mol. The van der Waals surface area contributed by atoms with Crippen molar-refractivity contribution in [3.63, 3.8) is 0 Å². The van der Waals surface area contributed by atoms with Gasteiger partial charge in [-0.3, -0.25) is 5.41 Å². The Morgan fingerprint density at radius 2 is 2.04 bits per heavy atom. The summed E-state index contributed by atoms with van der Waals surface area (Å²) >= 11 is 1.50. The van der Waals surface area contributed by atoms with Crippen LogP contribution in [0.2, 0.25) is 0 Å². The molecule has 0 bridgehead atoms. The SMILES string of the molecule is COc1ccc(C)cc1N1CC(O)=C(c2nc(C)c(C)s2)C1=N. The van der Waals surface area contributed by atoms with Gasteiger partial charge in [0, 0.05) is 4.88 Å². The van der Waals surface area contributed by atoms with Crippen LogP contribution in [0.3, 0.4) is 0 Å². The second kappa shape index (κ2) is 5.70. The van der Waals surface area contributed by atoms with Gasteiger partial charge in [-0.05, 0) is 38.5 Å². The van der Waals surface area contributed by atoms with Gasteiger partial charge in [-0.15, -0.1) is 11.3 Å². The molecule has 0 fully saturated rings. The first kappa shape index (κ1) is 15.6. The van der Waals surface area contributed by atoms with Crippen molar-refractivity contribution in [1.29, 1.82) is 5.41 Å². The number of aromatic nitrogens is 1. The third-order valence-corrected chi connectivity index (χ3v) is 5.06. The Bertz CT molecular complexity index is 804. The first-order valence-electron chi connectivity index (χ1n) is 7.30. The van der Waals surface area contributed by atoms with E-state index in [0.717, 1.165) is 21.8 Å². The van der Waals surface area contributed by atoms with E-state index in [0.29, 0.717) is 16.3 Å². The van der Waals surface area contributed by atoms with E-state index in [1.165, 1.54) is 11.3 Å². The Hall–Kier alpha value is -2.34. The molecule has 6 heteroatoms. The lowest BCUT2D eigenvalue weighted by molar-refractivity contribution is 0.406. The van der Waals surface area contributed by atoms with Gasteiger partial charge in [-0.1, -0.05) is 6.07 Å². The number of ether oxygens (including phenoxy) is 1. The predicted molar refractivity (Wildman–Crippen MR) is 93.9 cm³/mol. The maximum absolute atomic E-state index is 10.4. The Balaban J connectivity index is 2.02. The van der Waals surface area contributed by atoms with Gasteiger partial charge in [0.05, 0.1) is 30.6 Å². The van der Waals surface area contributed by atoms with Gasteiger partial charge in [-0.25, -0.2) is 4.98 Å². The number of anilines is 1. The Kier molecular flexibility index (Phi) is 3.85. The van der Waals surface area contributed by atoms with Crippen molar-refractivity contribution in [3.8, 4) is 5.75 Å². The molecule has 23 heavy (non-hydrogen) atoms. The van der Waals surface area contributed by atoms with Crippen LogP contribution >= 0.6 is 11.3 Å². The standard InChI is InChI=1S/C17H19N3O2S/c1-9-5-6-14(22-4)12(7-9)20-8-13(21)15(16(20)18)17-19-10(2)11(3)23-17/h5-7,18,21H,8H2,1-4H3. The third kappa shape index (κ3) is 2.59. The number of rotatable bonds is 3. The molecule has 2 N–H and O–H groups in total. The quantitative estimate of drug-likeness (QED) is 0.897. The second-order valence-corrected chi connectivity index (χ2v) is 6.80. The van der Waals surface area contributed by atoms with Gasteiger partial charge in [0.2, 0.25) is 0 Å². The molecule has 1 aromatic heterocycles. The molecule has 0 aliphatic carbocycles. The van der Waals surface area contributed by atoms with Gasteiger partial charge < -0.3 is 14.7 Å². The molecule has 2 aromatic rings. The van der Waals surface area contributed by atoms with Gasteiger partial charge in [0.15, 0.2) is 0 Å². The van der Waals surface area contributed by atoms with Gasteiger partial charge in [0.25, 0.3) is 0 Å². The average molecular weight is 329 g/mol. The van der Waals surface area contributed by atoms with Crippen LogP contribution in [0.15, 0.2) is 24.0 Å². The van der Waals surface area contributed by atoms with Crippen LogP contribution in [0.1, 0.15) is 21.1 Å². The lowest BCUT2D eigenvalue weighted by Gasteiger charge is -2.21. The smallest absolute Gasteiger partial charge is 0.142 e. The van der Waals surface area contributed by atoms with Crippen molar-refractivity contribution in [2.75, 3.05) is 18.6 Å². The number of aliphatic hydroxyl groups is 1. The summed E-state index contributed by atoms with van der Waals surface area (Å²) in [5, 5.41) is 19.6. The van der Waals surface area contributed by atoms with Crippen molar-refractivity contribution in [2.45, 2.75) is 20.8 Å². The van der Waals surface area contributed by atoms with E-state index in [2.05, 4.69) is 4.98 Å². The average Bonchev–Trinajstić information content (AvgIpc) is 2.98. The molecule has 1 aromatic carbocycles. The number of aliphatic hydroxyl groups excluding tert-OH is 1. The molecule has 0 saturated carbocycles. The highest BCUT2D eigenvalue weighted by atomic mass is 32.1. The normalized spacial score (nSPS) is 14.8. The Morgan fingerprint density at radius 1 is 1.30 bits per heavy atom. The molecule has 0 saturated heterocycles. The fourth-order valence-corrected chi connectivity index (χ4v) is 3.58. The lowest BCUT2D eigenvalue weighted by atomic mass is 10.2. The Labute approximate surface area is 139 Å². The van der Waals surface area contributed by atoms with Crippen LogP contribution < -0.4 is 9.64 Å². The minimum absolute atomic E-state index is 0.173. The van der Waals surface area contributed by atoms with Crippen LogP contribution in [-0.2, 0) is 0 Å². The summed E-state index contributed by atoms with van der Waals surface area (Å²) in [6.45, 7) is 6.18. The number of methoxy groups -OCH3 is 1. The number of aryl methyl sites for hydroxylation is 3. The zero-order chi connectivity index (χ0) is 16.7. The number of thiazole rings is 1. The van der Waals surface area contributed by atoms with Crippen molar-refractivity contribution < 1.29 is 9.84 Å². The molecule has 120 valence electrons. The van der Waals surface area contributed by atoms with Crippen LogP contribution in [0.5, 0.6) is 5.75 Å². The van der Waals surface area contributed by atoms with E-state index in [9.17, 15) is 5.11 Å². The van der Waals surface area contributed by atoms with E-state index in [1.54, 1.807) is 12.0 Å². The highest BCUT2D eigenvalue weighted by Crippen LogP contribution is 2.37. The summed E-state index contributed by atoms with van der Waals surface area (Å²) in [7, 11) is 1.61. The first-order valence-corrected chi connectivity index (χ1v) is 8.11. The molecule has 1 aliphatic rings. The van der Waals surface area contributed by atoms with Crippen LogP contribution in [0, 0.1) is 26.2 Å². The highest BCUT2D eigenvalue weighted by Gasteiger charge is 2.32. The lowest BCUT2D eigenvalue weighted by Crippen LogP contribution is -2.26. The number of nitrogens with one attached hydrogen (secondary N) is 1. The van der Waals surface area contributed by atoms with Crippen molar-refractivity contribution in [2.24, 2.45) is 0 Å². The van der Waals surface area contributed by atoms with Gasteiger partial charge in [0.1, 0.15) is 22.4 Å². The van der Waals surface area contributed by atoms with Gasteiger partial charge >= 0.3 is 0 Å². The fraction of sp³-hybridized carbons (Fsp3) is 0.294. The molecule has 0 radical (unpaired) electrons. The molecule has 0 unspecified atom stereocenters. The number of hydrogen-bond donors (Lipinski definition) is 2. The number of amidine groups is 1. The first-order chi connectivity index (χ1) is 10.9. The number of nitrogens with zero attached hydrogens (tertiary/aromatic N) is 2. The minimum atomic E-state index is 0.173. The molecule has 2 heterocycles. The summed E-state index contributed by atoms with van der Waals surface area (Å²) in [5.41, 5.74) is 3.30. The molecule has 1 aliphatic heterocycles. The van der Waals surface area contributed by atoms with Crippen LogP contribution in [-0.4, -0.2) is 29.6 Å². The summed E-state index contributed by atoms with van der Waals surface area (Å²) in [5.74, 6) is 1.10. The third-order valence-electron chi connectivity index (χ3n) is 3.97. The van der Waals surface area contributed by atoms with Crippen molar-refractivity contribution in [1.82, 2.24) is 4.98 Å². The van der Waals surface area contributed by atoms with Gasteiger partial charge in [-0.2, -0.15) is 0 Å². The second-order valence-electron chi connectivity index (χ2n) is 5.59. The zero-order valence-corrected chi connectivity index (χ0v) is 14.4. The molecule has 5 nitrogen and oxygen atoms in total. The topological polar surface area (TPSA) is 69.4 Å².